The second kappa shape index (κ2) is 7.11. The number of aromatic nitrogens is 2. The number of rotatable bonds is 3. The van der Waals surface area contributed by atoms with Crippen LogP contribution in [0.5, 0.6) is 5.75 Å². The van der Waals surface area contributed by atoms with Crippen LogP contribution in [-0.2, 0) is 0 Å². The fourth-order valence-electron chi connectivity index (χ4n) is 3.67. The number of likely N-dealkylation sites (N-methyl/N-ethyl adjacent to an activating group) is 1. The topological polar surface area (TPSA) is 53.5 Å². The number of anilines is 2. The third-order valence-electron chi connectivity index (χ3n) is 5.18. The van der Waals surface area contributed by atoms with Gasteiger partial charge in [-0.3, -0.25) is 0 Å². The highest BCUT2D eigenvalue weighted by atomic mass is 16.5. The quantitative estimate of drug-likeness (QED) is 0.916. The zero-order chi connectivity index (χ0) is 18.1. The molecule has 1 saturated heterocycles. The van der Waals surface area contributed by atoms with Gasteiger partial charge in [-0.25, -0.2) is 9.97 Å². The second-order valence-electron chi connectivity index (χ2n) is 7.32. The number of ether oxygens (including phenoxy) is 1. The van der Waals surface area contributed by atoms with E-state index in [1.54, 1.807) is 0 Å². The molecule has 2 aliphatic rings. The Labute approximate surface area is 155 Å². The molecule has 138 valence electrons. The van der Waals surface area contributed by atoms with Gasteiger partial charge in [-0.1, -0.05) is 17.7 Å². The lowest BCUT2D eigenvalue weighted by molar-refractivity contribution is 0.274. The molecule has 3 heterocycles. The predicted molar refractivity (Wildman–Crippen MR) is 104 cm³/mol. The van der Waals surface area contributed by atoms with Gasteiger partial charge >= 0.3 is 0 Å². The van der Waals surface area contributed by atoms with Crippen molar-refractivity contribution < 1.29 is 4.74 Å². The molecule has 0 saturated carbocycles. The van der Waals surface area contributed by atoms with Crippen LogP contribution in [-0.4, -0.2) is 54.7 Å². The summed E-state index contributed by atoms with van der Waals surface area (Å²) in [6, 6.07) is 8.68. The second-order valence-corrected chi connectivity index (χ2v) is 7.32. The van der Waals surface area contributed by atoms with Crippen molar-refractivity contribution in [2.75, 3.05) is 50.1 Å². The molecule has 26 heavy (non-hydrogen) atoms. The third kappa shape index (κ3) is 3.60. The fraction of sp³-hybridized carbons (Fsp3) is 0.500. The maximum Gasteiger partial charge on any atom is 0.134 e. The van der Waals surface area contributed by atoms with E-state index in [1.165, 1.54) is 11.1 Å². The van der Waals surface area contributed by atoms with E-state index in [2.05, 4.69) is 63.3 Å². The molecule has 0 amide bonds. The molecule has 4 rings (SSSR count). The monoisotopic (exact) mass is 353 g/mol. The first-order valence-corrected chi connectivity index (χ1v) is 9.37. The van der Waals surface area contributed by atoms with Crippen molar-refractivity contribution in [3.8, 4) is 5.75 Å². The van der Waals surface area contributed by atoms with Gasteiger partial charge < -0.3 is 19.9 Å². The van der Waals surface area contributed by atoms with E-state index in [1.807, 2.05) is 6.92 Å². The number of nitrogens with one attached hydrogen (secondary N) is 1. The molecule has 6 heteroatoms. The van der Waals surface area contributed by atoms with Gasteiger partial charge in [0.25, 0.3) is 0 Å². The average molecular weight is 353 g/mol. The smallest absolute Gasteiger partial charge is 0.134 e. The van der Waals surface area contributed by atoms with Crippen LogP contribution in [0, 0.1) is 13.8 Å². The van der Waals surface area contributed by atoms with E-state index in [9.17, 15) is 0 Å². The van der Waals surface area contributed by atoms with Gasteiger partial charge in [0, 0.05) is 44.2 Å². The highest BCUT2D eigenvalue weighted by Gasteiger charge is 2.23. The van der Waals surface area contributed by atoms with Gasteiger partial charge in [0.05, 0.1) is 12.6 Å². The minimum absolute atomic E-state index is 0.216. The van der Waals surface area contributed by atoms with Crippen LogP contribution in [0.4, 0.5) is 11.6 Å². The van der Waals surface area contributed by atoms with E-state index in [0.717, 1.165) is 62.4 Å². The Morgan fingerprint density at radius 2 is 1.88 bits per heavy atom. The number of nitrogens with zero attached hydrogens (tertiary/aromatic N) is 4. The molecule has 1 aromatic carbocycles. The van der Waals surface area contributed by atoms with Crippen LogP contribution in [0.1, 0.15) is 29.4 Å². The Morgan fingerprint density at radius 3 is 2.69 bits per heavy atom. The summed E-state index contributed by atoms with van der Waals surface area (Å²) < 4.78 is 5.81. The van der Waals surface area contributed by atoms with Gasteiger partial charge in [0.15, 0.2) is 0 Å². The first kappa shape index (κ1) is 17.1. The molecular formula is C20H27N5O. The minimum atomic E-state index is 0.216. The summed E-state index contributed by atoms with van der Waals surface area (Å²) in [7, 11) is 2.17. The number of hydrogen-bond acceptors (Lipinski definition) is 6. The molecule has 6 nitrogen and oxygen atoms in total. The Morgan fingerprint density at radius 1 is 1.08 bits per heavy atom. The molecule has 1 atom stereocenters. The van der Waals surface area contributed by atoms with Crippen molar-refractivity contribution in [1.82, 2.24) is 14.9 Å². The Hall–Kier alpha value is -2.34. The maximum absolute atomic E-state index is 5.81. The summed E-state index contributed by atoms with van der Waals surface area (Å²) >= 11 is 0. The lowest BCUT2D eigenvalue weighted by Gasteiger charge is -2.33. The summed E-state index contributed by atoms with van der Waals surface area (Å²) in [6.45, 7) is 8.95. The van der Waals surface area contributed by atoms with Crippen molar-refractivity contribution in [3.05, 3.63) is 41.2 Å². The van der Waals surface area contributed by atoms with E-state index in [-0.39, 0.29) is 6.04 Å². The summed E-state index contributed by atoms with van der Waals surface area (Å²) in [5.41, 5.74) is 2.46. The zero-order valence-electron chi connectivity index (χ0n) is 15.8. The largest absolute Gasteiger partial charge is 0.493 e. The Balaban J connectivity index is 1.57. The molecule has 0 radical (unpaired) electrons. The minimum Gasteiger partial charge on any atom is -0.493 e. The van der Waals surface area contributed by atoms with Crippen molar-refractivity contribution in [2.24, 2.45) is 0 Å². The highest BCUT2D eigenvalue weighted by Crippen LogP contribution is 2.35. The number of aryl methyl sites for hydroxylation is 2. The normalized spacial score (nSPS) is 20.4. The van der Waals surface area contributed by atoms with Crippen LogP contribution in [0.2, 0.25) is 0 Å². The van der Waals surface area contributed by atoms with E-state index >= 15 is 0 Å². The van der Waals surface area contributed by atoms with E-state index in [0.29, 0.717) is 0 Å². The SMILES string of the molecule is Cc1ccc2c(c1)C(Nc1cc(N3CCN(C)CC3)nc(C)n1)CCO2. The summed E-state index contributed by atoms with van der Waals surface area (Å²) in [4.78, 5) is 14.0. The number of benzene rings is 1. The molecule has 1 aromatic heterocycles. The number of hydrogen-bond donors (Lipinski definition) is 1. The van der Waals surface area contributed by atoms with Crippen molar-refractivity contribution in [1.29, 1.82) is 0 Å². The highest BCUT2D eigenvalue weighted by molar-refractivity contribution is 5.52. The van der Waals surface area contributed by atoms with E-state index < -0.39 is 0 Å². The fourth-order valence-corrected chi connectivity index (χ4v) is 3.67. The maximum atomic E-state index is 5.81. The van der Waals surface area contributed by atoms with Gasteiger partial charge in [0.1, 0.15) is 23.2 Å². The summed E-state index contributed by atoms with van der Waals surface area (Å²) in [6.07, 6.45) is 0.934. The zero-order valence-corrected chi connectivity index (χ0v) is 15.8. The van der Waals surface area contributed by atoms with Crippen LogP contribution < -0.4 is 15.0 Å². The Bertz CT molecular complexity index is 786. The van der Waals surface area contributed by atoms with Crippen LogP contribution >= 0.6 is 0 Å². The number of piperazine rings is 1. The molecule has 1 N–H and O–H groups in total. The summed E-state index contributed by atoms with van der Waals surface area (Å²) in [5, 5.41) is 3.63. The molecule has 0 aliphatic carbocycles. The number of fused-ring (bicyclic) bond motifs is 1. The standard InChI is InChI=1S/C20H27N5O/c1-14-4-5-18-16(12-14)17(6-11-26-18)23-19-13-20(22-15(2)21-19)25-9-7-24(3)8-10-25/h4-5,12-13,17H,6-11H2,1-3H3,(H,21,22,23). The molecule has 0 bridgehead atoms. The van der Waals surface area contributed by atoms with Crippen LogP contribution in [0.25, 0.3) is 0 Å². The summed E-state index contributed by atoms with van der Waals surface area (Å²) in [5.74, 6) is 3.69. The van der Waals surface area contributed by atoms with Crippen LogP contribution in [0.15, 0.2) is 24.3 Å². The van der Waals surface area contributed by atoms with Gasteiger partial charge in [0.2, 0.25) is 0 Å². The van der Waals surface area contributed by atoms with Gasteiger partial charge in [-0.05, 0) is 27.0 Å². The third-order valence-corrected chi connectivity index (χ3v) is 5.18. The first-order valence-electron chi connectivity index (χ1n) is 9.37. The van der Waals surface area contributed by atoms with Gasteiger partial charge in [-0.2, -0.15) is 0 Å². The van der Waals surface area contributed by atoms with Crippen molar-refractivity contribution in [2.45, 2.75) is 26.3 Å². The van der Waals surface area contributed by atoms with Gasteiger partial charge in [-0.15, -0.1) is 0 Å². The molecule has 1 fully saturated rings. The molecular weight excluding hydrogens is 326 g/mol. The predicted octanol–water partition coefficient (Wildman–Crippen LogP) is 2.78. The van der Waals surface area contributed by atoms with Crippen LogP contribution in [0.3, 0.4) is 0 Å². The molecule has 2 aromatic rings. The molecule has 0 spiro atoms. The lowest BCUT2D eigenvalue weighted by atomic mass is 9.98. The molecule has 2 aliphatic heterocycles. The Kier molecular flexibility index (Phi) is 4.68. The first-order chi connectivity index (χ1) is 12.6. The molecule has 1 unspecified atom stereocenters. The van der Waals surface area contributed by atoms with Crippen molar-refractivity contribution >= 4 is 11.6 Å². The van der Waals surface area contributed by atoms with Crippen molar-refractivity contribution in [3.63, 3.8) is 0 Å². The average Bonchev–Trinajstić information content (AvgIpc) is 2.62. The lowest BCUT2D eigenvalue weighted by Crippen LogP contribution is -2.44. The van der Waals surface area contributed by atoms with E-state index in [4.69, 9.17) is 4.74 Å².